The quantitative estimate of drug-likeness (QED) is 0.345. The molecule has 0 saturated heterocycles. The highest BCUT2D eigenvalue weighted by Crippen LogP contribution is 1.89. The molecule has 5 nitrogen and oxygen atoms in total. The first-order chi connectivity index (χ1) is 7.06. The molecule has 5 heteroatoms. The normalized spacial score (nSPS) is 9.80. The fraction of sp³-hybridized carbons (Fsp3) is 0.600. The van der Waals surface area contributed by atoms with Crippen LogP contribution in [0.25, 0.3) is 0 Å². The van der Waals surface area contributed by atoms with Gasteiger partial charge in [-0.15, -0.1) is 0 Å². The molecule has 86 valence electrons. The van der Waals surface area contributed by atoms with Gasteiger partial charge in [0.1, 0.15) is 13.2 Å². The Kier molecular flexibility index (Phi) is 7.27. The van der Waals surface area contributed by atoms with Crippen molar-refractivity contribution in [3.8, 4) is 0 Å². The monoisotopic (exact) mass is 215 g/mol. The van der Waals surface area contributed by atoms with E-state index >= 15 is 0 Å². The summed E-state index contributed by atoms with van der Waals surface area (Å²) in [5.74, 6) is -0.808. The van der Waals surface area contributed by atoms with Crippen molar-refractivity contribution in [2.45, 2.75) is 6.42 Å². The SMILES string of the molecule is C=CC(=O)OCCOC(=O)CCN(C)C. The molecule has 0 aliphatic rings. The first-order valence-corrected chi connectivity index (χ1v) is 4.65. The molecule has 0 saturated carbocycles. The largest absolute Gasteiger partial charge is 0.462 e. The Balaban J connectivity index is 3.39. The topological polar surface area (TPSA) is 55.8 Å². The van der Waals surface area contributed by atoms with E-state index in [1.54, 1.807) is 0 Å². The van der Waals surface area contributed by atoms with Crippen molar-refractivity contribution < 1.29 is 19.1 Å². The van der Waals surface area contributed by atoms with Gasteiger partial charge in [0.25, 0.3) is 0 Å². The second kappa shape index (κ2) is 7.99. The van der Waals surface area contributed by atoms with E-state index in [1.165, 1.54) is 0 Å². The van der Waals surface area contributed by atoms with Gasteiger partial charge in [0.05, 0.1) is 6.42 Å². The van der Waals surface area contributed by atoms with E-state index in [9.17, 15) is 9.59 Å². The van der Waals surface area contributed by atoms with Crippen LogP contribution in [0.3, 0.4) is 0 Å². The molecule has 0 fully saturated rings. The first kappa shape index (κ1) is 13.6. The highest BCUT2D eigenvalue weighted by Gasteiger charge is 2.03. The molecule has 0 aliphatic heterocycles. The zero-order valence-electron chi connectivity index (χ0n) is 9.19. The summed E-state index contributed by atoms with van der Waals surface area (Å²) in [7, 11) is 3.75. The zero-order valence-corrected chi connectivity index (χ0v) is 9.19. The van der Waals surface area contributed by atoms with Gasteiger partial charge >= 0.3 is 11.9 Å². The molecule has 15 heavy (non-hydrogen) atoms. The van der Waals surface area contributed by atoms with Gasteiger partial charge in [-0.2, -0.15) is 0 Å². The number of esters is 2. The van der Waals surface area contributed by atoms with Crippen LogP contribution in [0.4, 0.5) is 0 Å². The summed E-state index contributed by atoms with van der Waals surface area (Å²) >= 11 is 0. The van der Waals surface area contributed by atoms with Crippen molar-refractivity contribution in [3.63, 3.8) is 0 Å². The van der Waals surface area contributed by atoms with E-state index in [0.29, 0.717) is 13.0 Å². The third kappa shape index (κ3) is 8.96. The van der Waals surface area contributed by atoms with Crippen LogP contribution in [-0.4, -0.2) is 50.7 Å². The molecule has 0 aliphatic carbocycles. The molecule has 0 aromatic heterocycles. The van der Waals surface area contributed by atoms with E-state index in [1.807, 2.05) is 19.0 Å². The maximum absolute atomic E-state index is 11.1. The second-order valence-corrected chi connectivity index (χ2v) is 3.15. The Bertz CT molecular complexity index is 225. The lowest BCUT2D eigenvalue weighted by Crippen LogP contribution is -2.19. The number of nitrogens with zero attached hydrogens (tertiary/aromatic N) is 1. The van der Waals surface area contributed by atoms with Gasteiger partial charge in [-0.25, -0.2) is 4.79 Å². The van der Waals surface area contributed by atoms with E-state index in [0.717, 1.165) is 6.08 Å². The first-order valence-electron chi connectivity index (χ1n) is 4.65. The van der Waals surface area contributed by atoms with Crippen molar-refractivity contribution in [2.24, 2.45) is 0 Å². The third-order valence-electron chi connectivity index (χ3n) is 1.52. The van der Waals surface area contributed by atoms with Crippen LogP contribution >= 0.6 is 0 Å². The van der Waals surface area contributed by atoms with Crippen LogP contribution in [-0.2, 0) is 19.1 Å². The molecule has 0 heterocycles. The van der Waals surface area contributed by atoms with E-state index in [-0.39, 0.29) is 19.2 Å². The molecule has 0 spiro atoms. The fourth-order valence-electron chi connectivity index (χ4n) is 0.744. The van der Waals surface area contributed by atoms with Crippen LogP contribution in [0.2, 0.25) is 0 Å². The summed E-state index contributed by atoms with van der Waals surface area (Å²) in [6.45, 7) is 4.04. The molecule has 0 aromatic carbocycles. The summed E-state index contributed by atoms with van der Waals surface area (Å²) in [6, 6.07) is 0. The van der Waals surface area contributed by atoms with Crippen molar-refractivity contribution >= 4 is 11.9 Å². The number of carbonyl (C=O) groups excluding carboxylic acids is 2. The lowest BCUT2D eigenvalue weighted by atomic mass is 10.4. The highest BCUT2D eigenvalue weighted by molar-refractivity contribution is 5.81. The molecule has 0 aromatic rings. The van der Waals surface area contributed by atoms with E-state index in [2.05, 4.69) is 11.3 Å². The van der Waals surface area contributed by atoms with Gasteiger partial charge in [-0.1, -0.05) is 6.58 Å². The maximum Gasteiger partial charge on any atom is 0.330 e. The molecule has 0 unspecified atom stereocenters. The Hall–Kier alpha value is -1.36. The average Bonchev–Trinajstić information content (AvgIpc) is 2.21. The van der Waals surface area contributed by atoms with Gasteiger partial charge in [0.2, 0.25) is 0 Å². The molecular weight excluding hydrogens is 198 g/mol. The molecule has 0 atom stereocenters. The zero-order chi connectivity index (χ0) is 11.7. The molecule has 0 bridgehead atoms. The van der Waals surface area contributed by atoms with Crippen LogP contribution < -0.4 is 0 Å². The van der Waals surface area contributed by atoms with E-state index in [4.69, 9.17) is 4.74 Å². The lowest BCUT2D eigenvalue weighted by Gasteiger charge is -2.09. The molecule has 0 N–H and O–H groups in total. The summed E-state index contributed by atoms with van der Waals surface area (Å²) in [5.41, 5.74) is 0. The minimum Gasteiger partial charge on any atom is -0.462 e. The van der Waals surface area contributed by atoms with Crippen molar-refractivity contribution in [1.82, 2.24) is 4.90 Å². The van der Waals surface area contributed by atoms with Gasteiger partial charge < -0.3 is 14.4 Å². The van der Waals surface area contributed by atoms with Gasteiger partial charge in [-0.05, 0) is 14.1 Å². The average molecular weight is 215 g/mol. The Labute approximate surface area is 89.6 Å². The van der Waals surface area contributed by atoms with E-state index < -0.39 is 5.97 Å². The Morgan fingerprint density at radius 3 is 2.40 bits per heavy atom. The molecular formula is C10H17NO4. The maximum atomic E-state index is 11.1. The number of carbonyl (C=O) groups is 2. The standard InChI is InChI=1S/C10H17NO4/c1-4-9(12)14-7-8-15-10(13)5-6-11(2)3/h4H,1,5-8H2,2-3H3. The van der Waals surface area contributed by atoms with Crippen molar-refractivity contribution in [2.75, 3.05) is 33.9 Å². The summed E-state index contributed by atoms with van der Waals surface area (Å²) in [6.07, 6.45) is 1.40. The summed E-state index contributed by atoms with van der Waals surface area (Å²) < 4.78 is 9.43. The van der Waals surface area contributed by atoms with Crippen LogP contribution in [0.5, 0.6) is 0 Å². The number of rotatable bonds is 7. The van der Waals surface area contributed by atoms with Crippen LogP contribution in [0.1, 0.15) is 6.42 Å². The van der Waals surface area contributed by atoms with Crippen LogP contribution in [0.15, 0.2) is 12.7 Å². The number of ether oxygens (including phenoxy) is 2. The Morgan fingerprint density at radius 2 is 1.87 bits per heavy atom. The minimum absolute atomic E-state index is 0.0680. The Morgan fingerprint density at radius 1 is 1.27 bits per heavy atom. The smallest absolute Gasteiger partial charge is 0.330 e. The summed E-state index contributed by atoms with van der Waals surface area (Å²) in [4.78, 5) is 23.5. The van der Waals surface area contributed by atoms with Gasteiger partial charge in [-0.3, -0.25) is 4.79 Å². The number of hydrogen-bond acceptors (Lipinski definition) is 5. The molecule has 0 rings (SSSR count). The van der Waals surface area contributed by atoms with Crippen LogP contribution in [0, 0.1) is 0 Å². The highest BCUT2D eigenvalue weighted by atomic mass is 16.6. The lowest BCUT2D eigenvalue weighted by molar-refractivity contribution is -0.149. The third-order valence-corrected chi connectivity index (χ3v) is 1.52. The van der Waals surface area contributed by atoms with Gasteiger partial charge in [0.15, 0.2) is 0 Å². The van der Waals surface area contributed by atoms with Gasteiger partial charge in [0, 0.05) is 12.6 Å². The fourth-order valence-corrected chi connectivity index (χ4v) is 0.744. The molecule has 0 radical (unpaired) electrons. The molecule has 0 amide bonds. The summed E-state index contributed by atoms with van der Waals surface area (Å²) in [5, 5.41) is 0. The predicted octanol–water partition coefficient (Wildman–Crippen LogP) is 0.210. The van der Waals surface area contributed by atoms with Crippen molar-refractivity contribution in [3.05, 3.63) is 12.7 Å². The van der Waals surface area contributed by atoms with Crippen molar-refractivity contribution in [1.29, 1.82) is 0 Å². The predicted molar refractivity (Wildman–Crippen MR) is 55.3 cm³/mol. The minimum atomic E-state index is -0.514. The number of hydrogen-bond donors (Lipinski definition) is 0. The second-order valence-electron chi connectivity index (χ2n) is 3.15.